The lowest BCUT2D eigenvalue weighted by molar-refractivity contribution is -0.117. The third-order valence-electron chi connectivity index (χ3n) is 4.47. The van der Waals surface area contributed by atoms with Crippen LogP contribution in [0.5, 0.6) is 0 Å². The van der Waals surface area contributed by atoms with E-state index < -0.39 is 6.10 Å². The van der Waals surface area contributed by atoms with Gasteiger partial charge in [-0.25, -0.2) is 0 Å². The smallest absolute Gasteiger partial charge is 0.241 e. The Balaban J connectivity index is 1.45. The summed E-state index contributed by atoms with van der Waals surface area (Å²) in [6.07, 6.45) is 1.12. The average molecular weight is 335 g/mol. The zero-order chi connectivity index (χ0) is 16.1. The van der Waals surface area contributed by atoms with Gasteiger partial charge < -0.3 is 20.6 Å². The van der Waals surface area contributed by atoms with Crippen molar-refractivity contribution >= 4 is 23.4 Å². The Morgan fingerprint density at radius 2 is 2.04 bits per heavy atom. The highest BCUT2D eigenvalue weighted by molar-refractivity contribution is 7.99. The number of rotatable bonds is 5. The van der Waals surface area contributed by atoms with E-state index in [1.165, 1.54) is 30.2 Å². The van der Waals surface area contributed by atoms with Crippen molar-refractivity contribution in [3.05, 3.63) is 29.8 Å². The van der Waals surface area contributed by atoms with Crippen molar-refractivity contribution in [2.24, 2.45) is 0 Å². The number of nitrogens with one attached hydrogen (secondary N) is 2. The van der Waals surface area contributed by atoms with Crippen molar-refractivity contribution in [1.29, 1.82) is 0 Å². The number of carbonyl (C=O) groups excluding carboxylic acids is 1. The first-order valence-corrected chi connectivity index (χ1v) is 9.47. The van der Waals surface area contributed by atoms with Crippen molar-refractivity contribution in [3.63, 3.8) is 0 Å². The summed E-state index contributed by atoms with van der Waals surface area (Å²) < 4.78 is 0. The van der Waals surface area contributed by atoms with Crippen LogP contribution in [-0.2, 0) is 11.2 Å². The molecule has 0 saturated carbocycles. The lowest BCUT2D eigenvalue weighted by Gasteiger charge is -2.26. The maximum absolute atomic E-state index is 12.1. The van der Waals surface area contributed by atoms with E-state index in [-0.39, 0.29) is 11.9 Å². The van der Waals surface area contributed by atoms with E-state index in [0.29, 0.717) is 13.0 Å². The van der Waals surface area contributed by atoms with E-state index in [9.17, 15) is 9.90 Å². The largest absolute Gasteiger partial charge is 0.392 e. The van der Waals surface area contributed by atoms with Gasteiger partial charge in [0, 0.05) is 43.4 Å². The molecule has 5 nitrogen and oxygen atoms in total. The SMILES string of the molecule is O=C(Nc1ccc(CCN2CCSCC2)cc1)C1CC(O)CN1. The van der Waals surface area contributed by atoms with Gasteiger partial charge >= 0.3 is 0 Å². The van der Waals surface area contributed by atoms with Crippen LogP contribution in [0.15, 0.2) is 24.3 Å². The predicted molar refractivity (Wildman–Crippen MR) is 95.0 cm³/mol. The van der Waals surface area contributed by atoms with Crippen LogP contribution in [0.3, 0.4) is 0 Å². The number of thioether (sulfide) groups is 1. The molecule has 6 heteroatoms. The minimum atomic E-state index is -0.415. The van der Waals surface area contributed by atoms with Gasteiger partial charge in [-0.1, -0.05) is 12.1 Å². The number of aliphatic hydroxyl groups is 1. The van der Waals surface area contributed by atoms with Crippen molar-refractivity contribution in [2.45, 2.75) is 25.0 Å². The number of nitrogens with zero attached hydrogens (tertiary/aromatic N) is 1. The summed E-state index contributed by atoms with van der Waals surface area (Å²) in [5.74, 6) is 2.42. The fourth-order valence-corrected chi connectivity index (χ4v) is 3.99. The molecule has 2 saturated heterocycles. The first-order valence-electron chi connectivity index (χ1n) is 8.32. The Bertz CT molecular complexity index is 517. The average Bonchev–Trinajstić information content (AvgIpc) is 3.02. The molecule has 0 aromatic heterocycles. The molecule has 2 heterocycles. The second kappa shape index (κ2) is 8.15. The molecule has 0 radical (unpaired) electrons. The number of hydrogen-bond donors (Lipinski definition) is 3. The standard InChI is InChI=1S/C17H25N3O2S/c21-15-11-16(18-12-15)17(22)19-14-3-1-13(2-4-14)5-6-20-7-9-23-10-8-20/h1-4,15-16,18,21H,5-12H2,(H,19,22). The van der Waals surface area contributed by atoms with E-state index in [1.54, 1.807) is 0 Å². The molecule has 0 spiro atoms. The number of carbonyl (C=O) groups is 1. The highest BCUT2D eigenvalue weighted by atomic mass is 32.2. The molecule has 0 bridgehead atoms. The lowest BCUT2D eigenvalue weighted by Crippen LogP contribution is -2.35. The Morgan fingerprint density at radius 3 is 2.70 bits per heavy atom. The van der Waals surface area contributed by atoms with Gasteiger partial charge in [0.25, 0.3) is 0 Å². The van der Waals surface area contributed by atoms with Crippen molar-refractivity contribution < 1.29 is 9.90 Å². The van der Waals surface area contributed by atoms with Crippen LogP contribution in [0.1, 0.15) is 12.0 Å². The summed E-state index contributed by atoms with van der Waals surface area (Å²) in [7, 11) is 0. The molecule has 1 aromatic carbocycles. The van der Waals surface area contributed by atoms with Crippen LogP contribution >= 0.6 is 11.8 Å². The molecule has 1 amide bonds. The van der Waals surface area contributed by atoms with Crippen LogP contribution in [0.25, 0.3) is 0 Å². The zero-order valence-corrected chi connectivity index (χ0v) is 14.1. The number of amides is 1. The maximum Gasteiger partial charge on any atom is 0.241 e. The molecule has 3 rings (SSSR count). The first-order chi connectivity index (χ1) is 11.2. The monoisotopic (exact) mass is 335 g/mol. The van der Waals surface area contributed by atoms with Crippen molar-refractivity contribution in [2.75, 3.05) is 43.0 Å². The molecule has 126 valence electrons. The molecule has 2 fully saturated rings. The zero-order valence-electron chi connectivity index (χ0n) is 13.3. The van der Waals surface area contributed by atoms with Gasteiger partial charge in [-0.3, -0.25) is 4.79 Å². The highest BCUT2D eigenvalue weighted by Crippen LogP contribution is 2.14. The van der Waals surface area contributed by atoms with Crippen LogP contribution < -0.4 is 10.6 Å². The van der Waals surface area contributed by atoms with Gasteiger partial charge in [0.15, 0.2) is 0 Å². The summed E-state index contributed by atoms with van der Waals surface area (Å²) in [6, 6.07) is 7.81. The van der Waals surface area contributed by atoms with Crippen molar-refractivity contribution in [1.82, 2.24) is 10.2 Å². The Morgan fingerprint density at radius 1 is 1.30 bits per heavy atom. The third kappa shape index (κ3) is 4.94. The number of anilines is 1. The Kier molecular flexibility index (Phi) is 5.94. The van der Waals surface area contributed by atoms with Crippen LogP contribution in [0.4, 0.5) is 5.69 Å². The van der Waals surface area contributed by atoms with Crippen LogP contribution in [0.2, 0.25) is 0 Å². The van der Waals surface area contributed by atoms with E-state index in [4.69, 9.17) is 0 Å². The Labute approximate surface area is 141 Å². The fourth-order valence-electron chi connectivity index (χ4n) is 3.01. The highest BCUT2D eigenvalue weighted by Gasteiger charge is 2.27. The molecule has 23 heavy (non-hydrogen) atoms. The topological polar surface area (TPSA) is 64.6 Å². The van der Waals surface area contributed by atoms with Crippen molar-refractivity contribution in [3.8, 4) is 0 Å². The summed E-state index contributed by atoms with van der Waals surface area (Å²) >= 11 is 2.04. The molecule has 1 aromatic rings. The minimum absolute atomic E-state index is 0.0693. The third-order valence-corrected chi connectivity index (χ3v) is 5.41. The first kappa shape index (κ1) is 16.8. The fraction of sp³-hybridized carbons (Fsp3) is 0.588. The number of benzene rings is 1. The molecular formula is C17H25N3O2S. The molecule has 3 N–H and O–H groups in total. The number of β-amino-alcohol motifs (C(OH)–C–C–N with tert-alkyl or cyclic N) is 1. The second-order valence-electron chi connectivity index (χ2n) is 6.24. The van der Waals surface area contributed by atoms with E-state index >= 15 is 0 Å². The van der Waals surface area contributed by atoms with E-state index in [0.717, 1.165) is 18.7 Å². The molecule has 2 atom stereocenters. The number of hydrogen-bond acceptors (Lipinski definition) is 5. The van der Waals surface area contributed by atoms with Gasteiger partial charge in [0.05, 0.1) is 12.1 Å². The van der Waals surface area contributed by atoms with Gasteiger partial charge in [-0.15, -0.1) is 0 Å². The molecule has 2 aliphatic rings. The van der Waals surface area contributed by atoms with Crippen LogP contribution in [0, 0.1) is 0 Å². The normalized spacial score (nSPS) is 25.4. The van der Waals surface area contributed by atoms with Gasteiger partial charge in [0.2, 0.25) is 5.91 Å². The van der Waals surface area contributed by atoms with Gasteiger partial charge in [-0.05, 0) is 30.5 Å². The number of aliphatic hydroxyl groups excluding tert-OH is 1. The summed E-state index contributed by atoms with van der Waals surface area (Å²) in [5.41, 5.74) is 2.12. The van der Waals surface area contributed by atoms with Gasteiger partial charge in [-0.2, -0.15) is 11.8 Å². The minimum Gasteiger partial charge on any atom is -0.392 e. The maximum atomic E-state index is 12.1. The van der Waals surface area contributed by atoms with Crippen LogP contribution in [-0.4, -0.2) is 65.7 Å². The van der Waals surface area contributed by atoms with E-state index in [2.05, 4.69) is 27.7 Å². The second-order valence-corrected chi connectivity index (χ2v) is 7.47. The predicted octanol–water partition coefficient (Wildman–Crippen LogP) is 0.939. The lowest BCUT2D eigenvalue weighted by atomic mass is 10.1. The molecule has 0 aliphatic carbocycles. The Hall–Kier alpha value is -1.08. The summed E-state index contributed by atoms with van der Waals surface area (Å²) in [5, 5.41) is 15.4. The molecular weight excluding hydrogens is 310 g/mol. The summed E-state index contributed by atoms with van der Waals surface area (Å²) in [6.45, 7) is 3.99. The molecule has 2 unspecified atom stereocenters. The summed E-state index contributed by atoms with van der Waals surface area (Å²) in [4.78, 5) is 14.6. The quantitative estimate of drug-likeness (QED) is 0.747. The van der Waals surface area contributed by atoms with E-state index in [1.807, 2.05) is 23.9 Å². The van der Waals surface area contributed by atoms with Gasteiger partial charge in [0.1, 0.15) is 0 Å². The molecule has 2 aliphatic heterocycles.